The van der Waals surface area contributed by atoms with E-state index >= 15 is 0 Å². The highest BCUT2D eigenvalue weighted by atomic mass is 35.5. The van der Waals surface area contributed by atoms with Crippen LogP contribution in [-0.2, 0) is 6.54 Å². The van der Waals surface area contributed by atoms with Crippen molar-refractivity contribution in [2.24, 2.45) is 11.8 Å². The number of nitrogens with zero attached hydrogens (tertiary/aromatic N) is 2. The van der Waals surface area contributed by atoms with E-state index in [4.69, 9.17) is 16.9 Å². The topological polar surface area (TPSA) is 73.2 Å². The highest BCUT2D eigenvalue weighted by molar-refractivity contribution is 7.18. The first kappa shape index (κ1) is 19.9. The van der Waals surface area contributed by atoms with E-state index in [9.17, 15) is 9.59 Å². The van der Waals surface area contributed by atoms with Crippen molar-refractivity contribution < 1.29 is 9.59 Å². The van der Waals surface area contributed by atoms with E-state index in [1.54, 1.807) is 18.2 Å². The number of benzene rings is 1. The number of halogens is 1. The summed E-state index contributed by atoms with van der Waals surface area (Å²) in [6, 6.07) is 11.3. The van der Waals surface area contributed by atoms with Crippen molar-refractivity contribution in [3.63, 3.8) is 0 Å². The van der Waals surface area contributed by atoms with Crippen molar-refractivity contribution in [3.05, 3.63) is 50.7 Å². The fourth-order valence-electron chi connectivity index (χ4n) is 4.49. The molecule has 2 aromatic rings. The van der Waals surface area contributed by atoms with E-state index in [-0.39, 0.29) is 11.8 Å². The molecule has 1 aliphatic heterocycles. The van der Waals surface area contributed by atoms with E-state index < -0.39 is 0 Å². The predicted octanol–water partition coefficient (Wildman–Crippen LogP) is 5.33. The van der Waals surface area contributed by atoms with Crippen molar-refractivity contribution in [2.75, 3.05) is 11.9 Å². The molecule has 0 radical (unpaired) electrons. The summed E-state index contributed by atoms with van der Waals surface area (Å²) >= 11 is 7.14. The largest absolute Gasteiger partial charge is 0.334 e. The molecule has 1 fully saturated rings. The summed E-state index contributed by atoms with van der Waals surface area (Å²) in [5.41, 5.74) is 2.09. The van der Waals surface area contributed by atoms with Gasteiger partial charge in [-0.05, 0) is 54.9 Å². The molecule has 7 heteroatoms. The lowest BCUT2D eigenvalue weighted by Gasteiger charge is -2.30. The molecule has 5 nitrogen and oxygen atoms in total. The van der Waals surface area contributed by atoms with Crippen LogP contribution in [0.3, 0.4) is 0 Å². The van der Waals surface area contributed by atoms with Gasteiger partial charge >= 0.3 is 0 Å². The van der Waals surface area contributed by atoms with Crippen LogP contribution in [0.4, 0.5) is 5.69 Å². The highest BCUT2D eigenvalue weighted by Gasteiger charge is 2.33. The summed E-state index contributed by atoms with van der Waals surface area (Å²) < 4.78 is 0.554. The van der Waals surface area contributed by atoms with Crippen molar-refractivity contribution in [1.29, 1.82) is 5.26 Å². The lowest BCUT2D eigenvalue weighted by molar-refractivity contribution is 0.0726. The Morgan fingerprint density at radius 3 is 2.86 bits per heavy atom. The van der Waals surface area contributed by atoms with Crippen molar-refractivity contribution in [2.45, 2.75) is 38.6 Å². The van der Waals surface area contributed by atoms with E-state index in [1.807, 2.05) is 17.0 Å². The smallest absolute Gasteiger partial charge is 0.265 e. The molecule has 1 N–H and O–H groups in total. The van der Waals surface area contributed by atoms with Gasteiger partial charge in [0.2, 0.25) is 0 Å². The number of thiophene rings is 1. The van der Waals surface area contributed by atoms with Gasteiger partial charge in [0, 0.05) is 19.5 Å². The molecule has 2 heterocycles. The average Bonchev–Trinajstić information content (AvgIpc) is 3.27. The van der Waals surface area contributed by atoms with E-state index in [0.29, 0.717) is 51.8 Å². The third-order valence-electron chi connectivity index (χ3n) is 5.81. The molecule has 1 aliphatic carbocycles. The number of amides is 2. The second kappa shape index (κ2) is 8.56. The first-order valence-electron chi connectivity index (χ1n) is 9.90. The van der Waals surface area contributed by atoms with Gasteiger partial charge in [0.1, 0.15) is 0 Å². The van der Waals surface area contributed by atoms with Crippen LogP contribution in [0.15, 0.2) is 30.3 Å². The lowest BCUT2D eigenvalue weighted by atomic mass is 9.80. The molecular weight excluding hydrogens is 406 g/mol. The van der Waals surface area contributed by atoms with E-state index in [0.717, 1.165) is 31.2 Å². The monoisotopic (exact) mass is 427 g/mol. The Morgan fingerprint density at radius 1 is 1.28 bits per heavy atom. The third kappa shape index (κ3) is 4.31. The first-order valence-corrected chi connectivity index (χ1v) is 11.1. The zero-order chi connectivity index (χ0) is 20.4. The molecule has 150 valence electrons. The number of nitrogens with one attached hydrogen (secondary N) is 1. The van der Waals surface area contributed by atoms with Gasteiger partial charge in [0.15, 0.2) is 0 Å². The minimum absolute atomic E-state index is 0.0254. The number of carbonyl (C=O) groups excluding carboxylic acids is 2. The SMILES string of the molecule is N#CC[C@@H]1CCC[C@H](CN2Cc3cccc(NC(=O)c4ccc(Cl)s4)c3C2=O)C1. The number of anilines is 1. The summed E-state index contributed by atoms with van der Waals surface area (Å²) in [6.07, 6.45) is 4.95. The lowest BCUT2D eigenvalue weighted by Crippen LogP contribution is -2.32. The Bertz CT molecular complexity index is 981. The number of hydrogen-bond donors (Lipinski definition) is 1. The quantitative estimate of drug-likeness (QED) is 0.700. The molecule has 4 rings (SSSR count). The second-order valence-corrected chi connectivity index (χ2v) is 9.56. The fraction of sp³-hybridized carbons (Fsp3) is 0.409. The Labute approximate surface area is 179 Å². The number of rotatable bonds is 5. The molecule has 2 aliphatic rings. The third-order valence-corrected chi connectivity index (χ3v) is 7.04. The van der Waals surface area contributed by atoms with Crippen LogP contribution in [-0.4, -0.2) is 23.3 Å². The van der Waals surface area contributed by atoms with Crippen LogP contribution in [0.5, 0.6) is 0 Å². The summed E-state index contributed by atoms with van der Waals surface area (Å²) in [5, 5.41) is 11.9. The minimum Gasteiger partial charge on any atom is -0.334 e. The molecule has 0 saturated heterocycles. The van der Waals surface area contributed by atoms with Gasteiger partial charge < -0.3 is 10.2 Å². The van der Waals surface area contributed by atoms with Crippen LogP contribution in [0.1, 0.15) is 57.7 Å². The van der Waals surface area contributed by atoms with Gasteiger partial charge in [-0.2, -0.15) is 5.26 Å². The zero-order valence-electron chi connectivity index (χ0n) is 16.0. The Morgan fingerprint density at radius 2 is 2.10 bits per heavy atom. The average molecular weight is 428 g/mol. The maximum absolute atomic E-state index is 13.1. The van der Waals surface area contributed by atoms with Crippen LogP contribution >= 0.6 is 22.9 Å². The maximum Gasteiger partial charge on any atom is 0.265 e. The minimum atomic E-state index is -0.256. The standard InChI is InChI=1S/C22H22ClN3O2S/c23-19-8-7-18(29-19)21(27)25-17-6-2-5-16-13-26(22(28)20(16)17)12-15-4-1-3-14(11-15)9-10-24/h2,5-8,14-15H,1,3-4,9,11-13H2,(H,25,27)/t14-,15-/m0/s1. The Kier molecular flexibility index (Phi) is 5.89. The molecule has 1 aromatic heterocycles. The fourth-order valence-corrected chi connectivity index (χ4v) is 5.42. The molecule has 1 saturated carbocycles. The van der Waals surface area contributed by atoms with E-state index in [1.165, 1.54) is 11.3 Å². The predicted molar refractivity (Wildman–Crippen MR) is 114 cm³/mol. The van der Waals surface area contributed by atoms with Gasteiger partial charge in [0.25, 0.3) is 11.8 Å². The molecule has 2 amide bonds. The molecule has 0 unspecified atom stereocenters. The van der Waals surface area contributed by atoms with Gasteiger partial charge in [-0.25, -0.2) is 0 Å². The summed E-state index contributed by atoms with van der Waals surface area (Å²) in [5.74, 6) is 0.605. The number of hydrogen-bond acceptors (Lipinski definition) is 4. The normalized spacial score (nSPS) is 21.0. The van der Waals surface area contributed by atoms with Crippen molar-refractivity contribution in [1.82, 2.24) is 4.90 Å². The summed E-state index contributed by atoms with van der Waals surface area (Å²) in [7, 11) is 0. The summed E-state index contributed by atoms with van der Waals surface area (Å²) in [6.45, 7) is 1.28. The van der Waals surface area contributed by atoms with Gasteiger partial charge in [-0.15, -0.1) is 11.3 Å². The van der Waals surface area contributed by atoms with Crippen LogP contribution in [0.25, 0.3) is 0 Å². The van der Waals surface area contributed by atoms with Crippen LogP contribution in [0.2, 0.25) is 4.34 Å². The first-order chi connectivity index (χ1) is 14.0. The van der Waals surface area contributed by atoms with Crippen molar-refractivity contribution >= 4 is 40.4 Å². The van der Waals surface area contributed by atoms with E-state index in [2.05, 4.69) is 11.4 Å². The number of carbonyl (C=O) groups is 2. The van der Waals surface area contributed by atoms with Gasteiger partial charge in [-0.1, -0.05) is 30.2 Å². The van der Waals surface area contributed by atoms with Gasteiger partial charge in [-0.3, -0.25) is 9.59 Å². The van der Waals surface area contributed by atoms with Crippen molar-refractivity contribution in [3.8, 4) is 6.07 Å². The van der Waals surface area contributed by atoms with Crippen LogP contribution < -0.4 is 5.32 Å². The Hall–Kier alpha value is -2.36. The van der Waals surface area contributed by atoms with Gasteiger partial charge in [0.05, 0.1) is 26.5 Å². The molecule has 1 aromatic carbocycles. The second-order valence-electron chi connectivity index (χ2n) is 7.84. The van der Waals surface area contributed by atoms with Crippen LogP contribution in [0, 0.1) is 23.2 Å². The zero-order valence-corrected chi connectivity index (χ0v) is 17.6. The number of fused-ring (bicyclic) bond motifs is 1. The number of nitriles is 1. The molecule has 0 bridgehead atoms. The molecular formula is C22H22ClN3O2S. The maximum atomic E-state index is 13.1. The highest BCUT2D eigenvalue weighted by Crippen LogP contribution is 2.35. The Balaban J connectivity index is 1.46. The molecule has 2 atom stereocenters. The molecule has 29 heavy (non-hydrogen) atoms. The molecule has 0 spiro atoms. The summed E-state index contributed by atoms with van der Waals surface area (Å²) in [4.78, 5) is 28.0.